The molecule has 0 spiro atoms. The number of carbonyl (C=O) groups excluding carboxylic acids is 1. The second-order valence-corrected chi connectivity index (χ2v) is 2.91. The van der Waals surface area contributed by atoms with Crippen LogP contribution in [0, 0.1) is 0 Å². The molecule has 0 N–H and O–H groups in total. The molecule has 1 aliphatic carbocycles. The number of rotatable bonds is 1. The van der Waals surface area contributed by atoms with Crippen molar-refractivity contribution in [3.63, 3.8) is 0 Å². The van der Waals surface area contributed by atoms with Crippen LogP contribution in [0.2, 0.25) is 0 Å². The summed E-state index contributed by atoms with van der Waals surface area (Å²) in [5.41, 5.74) is 0.645. The zero-order chi connectivity index (χ0) is 7.56. The van der Waals surface area contributed by atoms with Crippen LogP contribution in [0.25, 0.3) is 0 Å². The third kappa shape index (κ3) is 1.86. The third-order valence-electron chi connectivity index (χ3n) is 1.35. The predicted octanol–water partition coefficient (Wildman–Crippen LogP) is 2.59. The first-order valence-corrected chi connectivity index (χ1v) is 3.71. The molecule has 0 fully saturated rings. The molecule has 1 nitrogen and oxygen atoms in total. The van der Waals surface area contributed by atoms with Crippen LogP contribution in [-0.4, -0.2) is 5.24 Å². The van der Waals surface area contributed by atoms with E-state index in [1.54, 1.807) is 12.2 Å². The average molecular weight is 177 g/mol. The molecule has 1 aliphatic rings. The molecule has 0 saturated carbocycles. The molecule has 0 atom stereocenters. The quantitative estimate of drug-likeness (QED) is 0.562. The van der Waals surface area contributed by atoms with Crippen molar-refractivity contribution in [1.29, 1.82) is 0 Å². The molecule has 0 bridgehead atoms. The molecule has 0 heterocycles. The third-order valence-corrected chi connectivity index (χ3v) is 1.91. The van der Waals surface area contributed by atoms with Gasteiger partial charge in [0.2, 0.25) is 5.24 Å². The van der Waals surface area contributed by atoms with Gasteiger partial charge in [-0.15, -0.1) is 0 Å². The fraction of sp³-hybridized carbons (Fsp3) is 0.286. The lowest BCUT2D eigenvalue weighted by Crippen LogP contribution is -1.96. The normalized spacial score (nSPS) is 17.8. The van der Waals surface area contributed by atoms with Gasteiger partial charge >= 0.3 is 0 Å². The molecule has 0 aromatic heterocycles. The minimum Gasteiger partial charge on any atom is -0.276 e. The number of allylic oxidation sites excluding steroid dienone is 4. The van der Waals surface area contributed by atoms with E-state index in [0.29, 0.717) is 12.0 Å². The van der Waals surface area contributed by atoms with Crippen LogP contribution in [0.1, 0.15) is 12.8 Å². The zero-order valence-corrected chi connectivity index (χ0v) is 6.74. The Bertz CT molecular complexity index is 216. The molecular weight excluding hydrogens is 171 g/mol. The molecule has 3 heteroatoms. The predicted molar refractivity (Wildman–Crippen MR) is 42.1 cm³/mol. The summed E-state index contributed by atoms with van der Waals surface area (Å²) in [6.45, 7) is 0. The maximum absolute atomic E-state index is 10.5. The first kappa shape index (κ1) is 7.83. The monoisotopic (exact) mass is 176 g/mol. The van der Waals surface area contributed by atoms with Crippen molar-refractivity contribution < 1.29 is 4.79 Å². The van der Waals surface area contributed by atoms with Crippen molar-refractivity contribution in [2.75, 3.05) is 0 Å². The van der Waals surface area contributed by atoms with Gasteiger partial charge in [-0.1, -0.05) is 17.7 Å². The largest absolute Gasteiger partial charge is 0.276 e. The summed E-state index contributed by atoms with van der Waals surface area (Å²) < 4.78 is 0. The lowest BCUT2D eigenvalue weighted by atomic mass is 10.1. The number of halogens is 2. The Morgan fingerprint density at radius 2 is 2.10 bits per heavy atom. The Labute approximate surface area is 69.3 Å². The summed E-state index contributed by atoms with van der Waals surface area (Å²) >= 11 is 10.9. The average Bonchev–Trinajstić information content (AvgIpc) is 1.88. The van der Waals surface area contributed by atoms with Crippen molar-refractivity contribution in [1.82, 2.24) is 0 Å². The van der Waals surface area contributed by atoms with Crippen molar-refractivity contribution in [2.24, 2.45) is 0 Å². The molecule has 0 aromatic rings. The van der Waals surface area contributed by atoms with Crippen LogP contribution >= 0.6 is 23.2 Å². The van der Waals surface area contributed by atoms with E-state index >= 15 is 0 Å². The molecule has 0 amide bonds. The van der Waals surface area contributed by atoms with Crippen LogP contribution in [0.4, 0.5) is 0 Å². The maximum atomic E-state index is 10.5. The molecular formula is C7H6Cl2O. The summed E-state index contributed by atoms with van der Waals surface area (Å²) in [4.78, 5) is 10.5. The number of carbonyl (C=O) groups is 1. The number of hydrogen-bond acceptors (Lipinski definition) is 1. The Morgan fingerprint density at radius 3 is 2.50 bits per heavy atom. The smallest absolute Gasteiger partial charge is 0.248 e. The van der Waals surface area contributed by atoms with Gasteiger partial charge in [0, 0.05) is 10.6 Å². The molecule has 0 aromatic carbocycles. The van der Waals surface area contributed by atoms with Gasteiger partial charge in [-0.3, -0.25) is 4.79 Å². The minimum absolute atomic E-state index is 0.375. The molecule has 0 unspecified atom stereocenters. The fourth-order valence-corrected chi connectivity index (χ4v) is 1.09. The van der Waals surface area contributed by atoms with E-state index in [9.17, 15) is 4.79 Å². The highest BCUT2D eigenvalue weighted by molar-refractivity contribution is 6.67. The highest BCUT2D eigenvalue weighted by atomic mass is 35.5. The van der Waals surface area contributed by atoms with Gasteiger partial charge in [0.1, 0.15) is 0 Å². The topological polar surface area (TPSA) is 17.1 Å². The summed E-state index contributed by atoms with van der Waals surface area (Å²) in [5.74, 6) is 0. The van der Waals surface area contributed by atoms with E-state index in [-0.39, 0.29) is 5.24 Å². The first-order chi connectivity index (χ1) is 4.70. The van der Waals surface area contributed by atoms with E-state index in [1.807, 2.05) is 0 Å². The van der Waals surface area contributed by atoms with Gasteiger partial charge < -0.3 is 0 Å². The van der Waals surface area contributed by atoms with Crippen LogP contribution in [0.15, 0.2) is 22.8 Å². The zero-order valence-electron chi connectivity index (χ0n) is 5.23. The van der Waals surface area contributed by atoms with Crippen LogP contribution in [0.3, 0.4) is 0 Å². The highest BCUT2D eigenvalue weighted by Gasteiger charge is 2.09. The number of hydrogen-bond donors (Lipinski definition) is 0. The lowest BCUT2D eigenvalue weighted by Gasteiger charge is -2.05. The second kappa shape index (κ2) is 3.22. The summed E-state index contributed by atoms with van der Waals surface area (Å²) in [6, 6.07) is 0. The molecule has 0 saturated heterocycles. The lowest BCUT2D eigenvalue weighted by molar-refractivity contribution is -0.108. The van der Waals surface area contributed by atoms with Crippen molar-refractivity contribution in [2.45, 2.75) is 12.8 Å². The van der Waals surface area contributed by atoms with Crippen LogP contribution < -0.4 is 0 Å². The fourth-order valence-electron chi connectivity index (χ4n) is 0.776. The van der Waals surface area contributed by atoms with E-state index in [2.05, 4.69) is 0 Å². The molecule has 1 rings (SSSR count). The van der Waals surface area contributed by atoms with E-state index < -0.39 is 0 Å². The van der Waals surface area contributed by atoms with Crippen molar-refractivity contribution in [3.8, 4) is 0 Å². The van der Waals surface area contributed by atoms with Gasteiger partial charge in [-0.2, -0.15) is 0 Å². The maximum Gasteiger partial charge on any atom is 0.248 e. The van der Waals surface area contributed by atoms with E-state index in [0.717, 1.165) is 11.5 Å². The van der Waals surface area contributed by atoms with Gasteiger partial charge in [0.05, 0.1) is 0 Å². The van der Waals surface area contributed by atoms with Crippen molar-refractivity contribution in [3.05, 3.63) is 22.8 Å². The van der Waals surface area contributed by atoms with Gasteiger partial charge in [0.25, 0.3) is 0 Å². The molecule has 0 aliphatic heterocycles. The van der Waals surface area contributed by atoms with Gasteiger partial charge in [0.15, 0.2) is 0 Å². The van der Waals surface area contributed by atoms with Crippen LogP contribution in [0.5, 0.6) is 0 Å². The molecule has 10 heavy (non-hydrogen) atoms. The van der Waals surface area contributed by atoms with E-state index in [4.69, 9.17) is 23.2 Å². The van der Waals surface area contributed by atoms with Crippen LogP contribution in [-0.2, 0) is 4.79 Å². The molecule has 54 valence electrons. The minimum atomic E-state index is -0.375. The highest BCUT2D eigenvalue weighted by Crippen LogP contribution is 2.21. The molecule has 0 radical (unpaired) electrons. The Kier molecular flexibility index (Phi) is 2.52. The van der Waals surface area contributed by atoms with Gasteiger partial charge in [-0.05, 0) is 30.5 Å². The second-order valence-electron chi connectivity index (χ2n) is 2.08. The first-order valence-electron chi connectivity index (χ1n) is 2.95. The Balaban J connectivity index is 2.74. The summed E-state index contributed by atoms with van der Waals surface area (Å²) in [5, 5.41) is 0.405. The SMILES string of the molecule is O=C(Cl)C1=CC=C(Cl)CC1. The van der Waals surface area contributed by atoms with E-state index in [1.165, 1.54) is 0 Å². The van der Waals surface area contributed by atoms with Gasteiger partial charge in [-0.25, -0.2) is 0 Å². The Hall–Kier alpha value is -0.270. The standard InChI is InChI=1S/C7H6Cl2O/c8-6-3-1-5(2-4-6)7(9)10/h1,3H,2,4H2. The Morgan fingerprint density at radius 1 is 1.40 bits per heavy atom. The summed E-state index contributed by atoms with van der Waals surface area (Å²) in [6.07, 6.45) is 4.77. The van der Waals surface area contributed by atoms with Crippen molar-refractivity contribution >= 4 is 28.4 Å². The summed E-state index contributed by atoms with van der Waals surface area (Å²) in [7, 11) is 0.